The first-order chi connectivity index (χ1) is 8.87. The van der Waals surface area contributed by atoms with Crippen molar-refractivity contribution < 1.29 is 8.42 Å². The highest BCUT2D eigenvalue weighted by Crippen LogP contribution is 2.20. The molecule has 0 saturated heterocycles. The summed E-state index contributed by atoms with van der Waals surface area (Å²) < 4.78 is 23.8. The van der Waals surface area contributed by atoms with Crippen LogP contribution in [0, 0.1) is 6.92 Å². The van der Waals surface area contributed by atoms with Crippen molar-refractivity contribution in [2.45, 2.75) is 13.5 Å². The van der Waals surface area contributed by atoms with Crippen LogP contribution in [0.3, 0.4) is 0 Å². The van der Waals surface area contributed by atoms with Crippen molar-refractivity contribution in [2.24, 2.45) is 0 Å². The Labute approximate surface area is 111 Å². The van der Waals surface area contributed by atoms with Crippen molar-refractivity contribution >= 4 is 15.5 Å². The summed E-state index contributed by atoms with van der Waals surface area (Å²) in [7, 11) is -3.05. The van der Waals surface area contributed by atoms with E-state index < -0.39 is 9.84 Å². The lowest BCUT2D eigenvalue weighted by atomic mass is 10.1. The van der Waals surface area contributed by atoms with Crippen LogP contribution in [-0.4, -0.2) is 40.6 Å². The van der Waals surface area contributed by atoms with Gasteiger partial charge in [0.05, 0.1) is 12.3 Å². The van der Waals surface area contributed by atoms with E-state index in [4.69, 9.17) is 5.73 Å². The van der Waals surface area contributed by atoms with Gasteiger partial charge in [0, 0.05) is 17.5 Å². The highest BCUT2D eigenvalue weighted by Gasteiger charge is 2.11. The lowest BCUT2D eigenvalue weighted by Gasteiger charge is -2.06. The molecule has 8 heteroatoms. The standard InChI is InChI=1S/C11H15N5O2S/c1-8-7-9(3-4-10(8)12)11-13-14-15-16(11)5-6-19(2,17)18/h3-4,7H,5-6,12H2,1-2H3. The maximum Gasteiger partial charge on any atom is 0.182 e. The Morgan fingerprint density at radius 1 is 1.37 bits per heavy atom. The number of hydrogen-bond donors (Lipinski definition) is 1. The van der Waals surface area contributed by atoms with E-state index in [-0.39, 0.29) is 12.3 Å². The zero-order chi connectivity index (χ0) is 14.0. The molecule has 1 aromatic carbocycles. The van der Waals surface area contributed by atoms with E-state index in [1.807, 2.05) is 19.1 Å². The fourth-order valence-electron chi connectivity index (χ4n) is 1.63. The molecule has 2 aromatic rings. The predicted molar refractivity (Wildman–Crippen MR) is 72.1 cm³/mol. The number of tetrazole rings is 1. The number of hydrogen-bond acceptors (Lipinski definition) is 6. The molecule has 0 fully saturated rings. The maximum atomic E-state index is 11.2. The molecule has 2 rings (SSSR count). The fraction of sp³-hybridized carbons (Fsp3) is 0.364. The van der Waals surface area contributed by atoms with Crippen LogP contribution in [0.5, 0.6) is 0 Å². The van der Waals surface area contributed by atoms with E-state index in [0.29, 0.717) is 11.5 Å². The molecular weight excluding hydrogens is 266 g/mol. The number of nitrogen functional groups attached to an aromatic ring is 1. The minimum Gasteiger partial charge on any atom is -0.399 e. The van der Waals surface area contributed by atoms with Crippen molar-refractivity contribution in [3.8, 4) is 11.4 Å². The Balaban J connectivity index is 2.30. The molecule has 0 radical (unpaired) electrons. The Kier molecular flexibility index (Phi) is 3.52. The van der Waals surface area contributed by atoms with Crippen LogP contribution in [0.4, 0.5) is 5.69 Å². The molecule has 0 unspecified atom stereocenters. The Morgan fingerprint density at radius 2 is 2.11 bits per heavy atom. The molecule has 0 bridgehead atoms. The first kappa shape index (κ1) is 13.5. The van der Waals surface area contributed by atoms with Gasteiger partial charge in [0.1, 0.15) is 9.84 Å². The number of anilines is 1. The molecular formula is C11H15N5O2S. The van der Waals surface area contributed by atoms with E-state index in [0.717, 1.165) is 11.1 Å². The average molecular weight is 281 g/mol. The second-order valence-corrected chi connectivity index (χ2v) is 6.69. The zero-order valence-electron chi connectivity index (χ0n) is 10.7. The Hall–Kier alpha value is -1.96. The van der Waals surface area contributed by atoms with Crippen molar-refractivity contribution in [3.63, 3.8) is 0 Å². The third-order valence-electron chi connectivity index (χ3n) is 2.73. The summed E-state index contributed by atoms with van der Waals surface area (Å²) in [6, 6.07) is 5.46. The largest absolute Gasteiger partial charge is 0.399 e. The Bertz CT molecular complexity index is 693. The minimum absolute atomic E-state index is 0.000997. The Morgan fingerprint density at radius 3 is 2.74 bits per heavy atom. The van der Waals surface area contributed by atoms with Crippen LogP contribution < -0.4 is 5.73 Å². The molecule has 0 spiro atoms. The first-order valence-electron chi connectivity index (χ1n) is 5.67. The third-order valence-corrected chi connectivity index (χ3v) is 3.66. The summed E-state index contributed by atoms with van der Waals surface area (Å²) in [4.78, 5) is 0. The van der Waals surface area contributed by atoms with Crippen LogP contribution in [0.2, 0.25) is 0 Å². The zero-order valence-corrected chi connectivity index (χ0v) is 11.6. The number of aryl methyl sites for hydroxylation is 2. The summed E-state index contributed by atoms with van der Waals surface area (Å²) in [5.41, 5.74) is 8.19. The normalized spacial score (nSPS) is 11.7. The monoisotopic (exact) mass is 281 g/mol. The summed E-state index contributed by atoms with van der Waals surface area (Å²) in [6.45, 7) is 2.12. The smallest absolute Gasteiger partial charge is 0.182 e. The van der Waals surface area contributed by atoms with Crippen LogP contribution >= 0.6 is 0 Å². The van der Waals surface area contributed by atoms with Gasteiger partial charge in [-0.1, -0.05) is 0 Å². The van der Waals surface area contributed by atoms with Crippen LogP contribution in [-0.2, 0) is 16.4 Å². The first-order valence-corrected chi connectivity index (χ1v) is 7.73. The predicted octanol–water partition coefficient (Wildman–Crippen LogP) is 0.275. The molecule has 102 valence electrons. The van der Waals surface area contributed by atoms with E-state index in [2.05, 4.69) is 15.5 Å². The highest BCUT2D eigenvalue weighted by molar-refractivity contribution is 7.90. The molecule has 19 heavy (non-hydrogen) atoms. The summed E-state index contributed by atoms with van der Waals surface area (Å²) in [5, 5.41) is 11.3. The molecule has 0 aliphatic heterocycles. The van der Waals surface area contributed by atoms with E-state index in [9.17, 15) is 8.42 Å². The number of rotatable bonds is 4. The van der Waals surface area contributed by atoms with Crippen LogP contribution in [0.1, 0.15) is 5.56 Å². The molecule has 0 saturated carbocycles. The number of benzene rings is 1. The van der Waals surface area contributed by atoms with Gasteiger partial charge in [0.15, 0.2) is 5.82 Å². The van der Waals surface area contributed by atoms with Crippen molar-refractivity contribution in [1.29, 1.82) is 0 Å². The van der Waals surface area contributed by atoms with E-state index >= 15 is 0 Å². The molecule has 7 nitrogen and oxygen atoms in total. The fourth-order valence-corrected chi connectivity index (χ4v) is 2.13. The molecule has 0 aliphatic rings. The second kappa shape index (κ2) is 4.96. The van der Waals surface area contributed by atoms with Gasteiger partial charge in [-0.25, -0.2) is 13.1 Å². The summed E-state index contributed by atoms with van der Waals surface area (Å²) >= 11 is 0. The minimum atomic E-state index is -3.05. The van der Waals surface area contributed by atoms with Gasteiger partial charge in [-0.3, -0.25) is 0 Å². The lowest BCUT2D eigenvalue weighted by Crippen LogP contribution is -2.13. The van der Waals surface area contributed by atoms with Crippen molar-refractivity contribution in [1.82, 2.24) is 20.2 Å². The number of sulfone groups is 1. The van der Waals surface area contributed by atoms with Gasteiger partial charge in [-0.15, -0.1) is 5.10 Å². The van der Waals surface area contributed by atoms with Gasteiger partial charge >= 0.3 is 0 Å². The number of nitrogens with zero attached hydrogens (tertiary/aromatic N) is 4. The third kappa shape index (κ3) is 3.28. The van der Waals surface area contributed by atoms with Crippen molar-refractivity contribution in [3.05, 3.63) is 23.8 Å². The SMILES string of the molecule is Cc1cc(-c2nnnn2CCS(C)(=O)=O)ccc1N. The molecule has 1 heterocycles. The second-order valence-electron chi connectivity index (χ2n) is 4.43. The topological polar surface area (TPSA) is 104 Å². The molecule has 0 atom stereocenters. The highest BCUT2D eigenvalue weighted by atomic mass is 32.2. The summed E-state index contributed by atoms with van der Waals surface area (Å²) in [6.07, 6.45) is 1.18. The lowest BCUT2D eigenvalue weighted by molar-refractivity contribution is 0.581. The molecule has 2 N–H and O–H groups in total. The van der Waals surface area contributed by atoms with Gasteiger partial charge < -0.3 is 5.73 Å². The average Bonchev–Trinajstić information content (AvgIpc) is 2.77. The molecule has 0 amide bonds. The summed E-state index contributed by atoms with van der Waals surface area (Å²) in [5.74, 6) is 0.533. The van der Waals surface area contributed by atoms with Crippen LogP contribution in [0.15, 0.2) is 18.2 Å². The van der Waals surface area contributed by atoms with Crippen LogP contribution in [0.25, 0.3) is 11.4 Å². The number of aromatic nitrogens is 4. The van der Waals surface area contributed by atoms with E-state index in [1.54, 1.807) is 6.07 Å². The van der Waals surface area contributed by atoms with Gasteiger partial charge in [0.2, 0.25) is 0 Å². The van der Waals surface area contributed by atoms with Gasteiger partial charge in [0.25, 0.3) is 0 Å². The van der Waals surface area contributed by atoms with Gasteiger partial charge in [-0.2, -0.15) is 0 Å². The van der Waals surface area contributed by atoms with Gasteiger partial charge in [-0.05, 0) is 41.1 Å². The quantitative estimate of drug-likeness (QED) is 0.807. The van der Waals surface area contributed by atoms with Crippen molar-refractivity contribution in [2.75, 3.05) is 17.7 Å². The maximum absolute atomic E-state index is 11.2. The molecule has 1 aromatic heterocycles. The van der Waals surface area contributed by atoms with E-state index in [1.165, 1.54) is 10.9 Å². The number of nitrogens with two attached hydrogens (primary N) is 1. The molecule has 0 aliphatic carbocycles.